The van der Waals surface area contributed by atoms with Crippen LogP contribution in [0.25, 0.3) is 28.0 Å². The molecule has 4 nitrogen and oxygen atoms in total. The van der Waals surface area contributed by atoms with Gasteiger partial charge in [0.25, 0.3) is 0 Å². The van der Waals surface area contributed by atoms with E-state index in [1.54, 1.807) is 0 Å². The van der Waals surface area contributed by atoms with E-state index in [0.29, 0.717) is 0 Å². The maximum absolute atomic E-state index is 6.08. The van der Waals surface area contributed by atoms with Crippen molar-refractivity contribution in [3.8, 4) is 22.4 Å². The molecule has 0 amide bonds. The molecule has 5 heteroatoms. The van der Waals surface area contributed by atoms with Crippen LogP contribution in [-0.2, 0) is 12.8 Å². The molecule has 0 saturated heterocycles. The Morgan fingerprint density at radius 2 is 1.68 bits per heavy atom. The molecule has 0 bridgehead atoms. The molecule has 0 atom stereocenters. The number of hydrogen-bond acceptors (Lipinski definition) is 3. The molecule has 140 valence electrons. The molecule has 0 aliphatic heterocycles. The lowest BCUT2D eigenvalue weighted by atomic mass is 9.94. The number of nitrogens with zero attached hydrogens (tertiary/aromatic N) is 4. The lowest BCUT2D eigenvalue weighted by Crippen LogP contribution is -2.11. The fraction of sp³-hybridized carbons (Fsp3) is 0.261. The van der Waals surface area contributed by atoms with Crippen LogP contribution in [0.2, 0.25) is 5.02 Å². The van der Waals surface area contributed by atoms with E-state index in [1.807, 2.05) is 48.9 Å². The summed E-state index contributed by atoms with van der Waals surface area (Å²) in [5.74, 6) is 0. The molecular weight excluding hydrogens is 368 g/mol. The number of halogens is 1. The van der Waals surface area contributed by atoms with Gasteiger partial charge in [-0.2, -0.15) is 5.10 Å². The summed E-state index contributed by atoms with van der Waals surface area (Å²) in [7, 11) is 0. The average Bonchev–Trinajstić information content (AvgIpc) is 3.12. The third-order valence-electron chi connectivity index (χ3n) is 5.53. The van der Waals surface area contributed by atoms with Gasteiger partial charge >= 0.3 is 0 Å². The second-order valence-corrected chi connectivity index (χ2v) is 7.78. The van der Waals surface area contributed by atoms with Gasteiger partial charge in [0, 0.05) is 39.8 Å². The second-order valence-electron chi connectivity index (χ2n) is 7.34. The highest BCUT2D eigenvalue weighted by Gasteiger charge is 2.21. The number of aromatic nitrogens is 4. The Morgan fingerprint density at radius 3 is 2.46 bits per heavy atom. The van der Waals surface area contributed by atoms with E-state index < -0.39 is 0 Å². The molecule has 0 radical (unpaired) electrons. The number of fused-ring (bicyclic) bond motifs is 3. The zero-order valence-electron chi connectivity index (χ0n) is 15.6. The van der Waals surface area contributed by atoms with Crippen LogP contribution in [0.4, 0.5) is 0 Å². The van der Waals surface area contributed by atoms with Gasteiger partial charge in [0.1, 0.15) is 0 Å². The smallest absolute Gasteiger partial charge is 0.163 e. The molecule has 0 saturated carbocycles. The van der Waals surface area contributed by atoms with Gasteiger partial charge in [-0.1, -0.05) is 36.6 Å². The predicted octanol–water partition coefficient (Wildman–Crippen LogP) is 5.77. The van der Waals surface area contributed by atoms with Crippen molar-refractivity contribution in [2.75, 3.05) is 0 Å². The van der Waals surface area contributed by atoms with Crippen molar-refractivity contribution in [2.24, 2.45) is 0 Å². The molecule has 0 unspecified atom stereocenters. The van der Waals surface area contributed by atoms with Crippen molar-refractivity contribution < 1.29 is 0 Å². The fourth-order valence-electron chi connectivity index (χ4n) is 4.13. The van der Waals surface area contributed by atoms with Crippen molar-refractivity contribution >= 4 is 17.2 Å². The van der Waals surface area contributed by atoms with Crippen molar-refractivity contribution in [1.82, 2.24) is 19.6 Å². The van der Waals surface area contributed by atoms with E-state index in [9.17, 15) is 0 Å². The molecule has 5 rings (SSSR count). The van der Waals surface area contributed by atoms with Crippen molar-refractivity contribution in [1.29, 1.82) is 0 Å². The van der Waals surface area contributed by atoms with E-state index in [4.69, 9.17) is 21.7 Å². The summed E-state index contributed by atoms with van der Waals surface area (Å²) in [6, 6.07) is 12.0. The van der Waals surface area contributed by atoms with Gasteiger partial charge in [0.15, 0.2) is 5.65 Å². The maximum Gasteiger partial charge on any atom is 0.163 e. The zero-order chi connectivity index (χ0) is 18.9. The first-order chi connectivity index (χ1) is 13.8. The van der Waals surface area contributed by atoms with Crippen molar-refractivity contribution in [2.45, 2.75) is 38.5 Å². The number of benzene rings is 1. The van der Waals surface area contributed by atoms with Gasteiger partial charge in [-0.3, -0.25) is 4.98 Å². The lowest BCUT2D eigenvalue weighted by Gasteiger charge is -2.18. The standard InChI is InChI=1S/C23H21ClN4/c24-18-11-9-16(10-12-18)20-15-26-28-21-8-4-2-1-3-7-19(21)22(27-23(20)28)17-6-5-13-25-14-17/h5-6,9-15H,1-4,7-8H2. The Bertz CT molecular complexity index is 1120. The minimum atomic E-state index is 0.731. The lowest BCUT2D eigenvalue weighted by molar-refractivity contribution is 0.597. The monoisotopic (exact) mass is 388 g/mol. The molecule has 3 aromatic heterocycles. The van der Waals surface area contributed by atoms with Crippen LogP contribution in [-0.4, -0.2) is 19.6 Å². The van der Waals surface area contributed by atoms with Crippen LogP contribution in [0, 0.1) is 0 Å². The number of aryl methyl sites for hydroxylation is 1. The highest BCUT2D eigenvalue weighted by molar-refractivity contribution is 6.30. The molecular formula is C23H21ClN4. The van der Waals surface area contributed by atoms with Crippen molar-refractivity contribution in [3.05, 3.63) is 71.3 Å². The minimum Gasteiger partial charge on any atom is -0.264 e. The fourth-order valence-corrected chi connectivity index (χ4v) is 4.25. The summed E-state index contributed by atoms with van der Waals surface area (Å²) in [4.78, 5) is 9.45. The van der Waals surface area contributed by atoms with Crippen LogP contribution in [0.1, 0.15) is 36.9 Å². The summed E-state index contributed by atoms with van der Waals surface area (Å²) in [5.41, 5.74) is 7.76. The Kier molecular flexibility index (Phi) is 4.57. The van der Waals surface area contributed by atoms with Crippen LogP contribution < -0.4 is 0 Å². The van der Waals surface area contributed by atoms with Crippen LogP contribution in [0.15, 0.2) is 55.0 Å². The Morgan fingerprint density at radius 1 is 0.857 bits per heavy atom. The predicted molar refractivity (Wildman–Crippen MR) is 113 cm³/mol. The molecule has 3 heterocycles. The largest absolute Gasteiger partial charge is 0.264 e. The summed E-state index contributed by atoms with van der Waals surface area (Å²) in [6.45, 7) is 0. The number of hydrogen-bond donors (Lipinski definition) is 0. The van der Waals surface area contributed by atoms with Gasteiger partial charge in [-0.15, -0.1) is 0 Å². The quantitative estimate of drug-likeness (QED) is 0.437. The topological polar surface area (TPSA) is 43.1 Å². The van der Waals surface area contributed by atoms with Crippen molar-refractivity contribution in [3.63, 3.8) is 0 Å². The second kappa shape index (κ2) is 7.36. The zero-order valence-corrected chi connectivity index (χ0v) is 16.4. The summed E-state index contributed by atoms with van der Waals surface area (Å²) >= 11 is 6.08. The highest BCUT2D eigenvalue weighted by Crippen LogP contribution is 2.33. The van der Waals surface area contributed by atoms with Crippen LogP contribution in [0.5, 0.6) is 0 Å². The van der Waals surface area contributed by atoms with E-state index in [-0.39, 0.29) is 0 Å². The van der Waals surface area contributed by atoms with Gasteiger partial charge < -0.3 is 0 Å². The summed E-state index contributed by atoms with van der Waals surface area (Å²) < 4.78 is 2.06. The Hall–Kier alpha value is -2.72. The van der Waals surface area contributed by atoms with E-state index in [0.717, 1.165) is 45.9 Å². The molecule has 0 fully saturated rings. The number of pyridine rings is 1. The van der Waals surface area contributed by atoms with Gasteiger partial charge in [0.05, 0.1) is 11.9 Å². The average molecular weight is 389 g/mol. The first-order valence-electron chi connectivity index (χ1n) is 9.87. The SMILES string of the molecule is Clc1ccc(-c2cnn3c4c(c(-c5cccnc5)nc23)CCCCCC4)cc1. The molecule has 1 aliphatic rings. The molecule has 28 heavy (non-hydrogen) atoms. The summed E-state index contributed by atoms with van der Waals surface area (Å²) in [6.07, 6.45) is 12.7. The van der Waals surface area contributed by atoms with Gasteiger partial charge in [-0.25, -0.2) is 9.50 Å². The molecule has 4 aromatic rings. The van der Waals surface area contributed by atoms with Crippen LogP contribution >= 0.6 is 11.6 Å². The van der Waals surface area contributed by atoms with Crippen LogP contribution in [0.3, 0.4) is 0 Å². The normalized spacial score (nSPS) is 14.5. The van der Waals surface area contributed by atoms with E-state index >= 15 is 0 Å². The highest BCUT2D eigenvalue weighted by atomic mass is 35.5. The molecule has 1 aromatic carbocycles. The third kappa shape index (κ3) is 3.08. The number of rotatable bonds is 2. The van der Waals surface area contributed by atoms with E-state index in [2.05, 4.69) is 15.6 Å². The first-order valence-corrected chi connectivity index (χ1v) is 10.2. The minimum absolute atomic E-state index is 0.731. The first kappa shape index (κ1) is 17.4. The summed E-state index contributed by atoms with van der Waals surface area (Å²) in [5, 5.41) is 5.47. The molecule has 0 spiro atoms. The Balaban J connectivity index is 1.78. The maximum atomic E-state index is 6.08. The van der Waals surface area contributed by atoms with Gasteiger partial charge in [-0.05, 0) is 55.5 Å². The molecule has 1 aliphatic carbocycles. The Labute approximate surface area is 169 Å². The van der Waals surface area contributed by atoms with E-state index in [1.165, 1.54) is 36.9 Å². The molecule has 0 N–H and O–H groups in total. The third-order valence-corrected chi connectivity index (χ3v) is 5.78. The van der Waals surface area contributed by atoms with Gasteiger partial charge in [0.2, 0.25) is 0 Å².